The van der Waals surface area contributed by atoms with Crippen LogP contribution in [-0.4, -0.2) is 14.7 Å². The van der Waals surface area contributed by atoms with Crippen LogP contribution in [0.15, 0.2) is 0 Å². The third-order valence-electron chi connectivity index (χ3n) is 3.55. The molecule has 0 aromatic carbocycles. The Balaban J connectivity index is 2.00. The fourth-order valence-electron chi connectivity index (χ4n) is 2.72. The molecule has 2 saturated carbocycles. The van der Waals surface area contributed by atoms with E-state index >= 15 is 0 Å². The molecule has 3 atom stereocenters. The van der Waals surface area contributed by atoms with Crippen LogP contribution in [0.1, 0.15) is 44.9 Å². The second kappa shape index (κ2) is 4.44. The molecule has 14 heavy (non-hydrogen) atoms. The fourth-order valence-corrected chi connectivity index (χ4v) is 4.93. The molecule has 0 bridgehead atoms. The summed E-state index contributed by atoms with van der Waals surface area (Å²) in [6, 6.07) is 2.33. The van der Waals surface area contributed by atoms with Crippen LogP contribution in [0.3, 0.4) is 0 Å². The Morgan fingerprint density at radius 3 is 2.43 bits per heavy atom. The monoisotopic (exact) mass is 211 g/mol. The summed E-state index contributed by atoms with van der Waals surface area (Å²) in [6.45, 7) is 0. The molecule has 0 aromatic heterocycles. The Kier molecular flexibility index (Phi) is 3.22. The third-order valence-corrected chi connectivity index (χ3v) is 5.84. The van der Waals surface area contributed by atoms with Gasteiger partial charge >= 0.3 is 0 Å². The SMILES string of the molecule is N#CC1CCCC1S(=O)C1CCCC1. The van der Waals surface area contributed by atoms with Gasteiger partial charge in [0.15, 0.2) is 0 Å². The Morgan fingerprint density at radius 1 is 1.07 bits per heavy atom. The maximum atomic E-state index is 12.2. The number of nitrogens with zero attached hydrogens (tertiary/aromatic N) is 1. The van der Waals surface area contributed by atoms with Crippen LogP contribution < -0.4 is 0 Å². The molecule has 3 unspecified atom stereocenters. The molecule has 2 nitrogen and oxygen atoms in total. The second-order valence-electron chi connectivity index (χ2n) is 4.44. The van der Waals surface area contributed by atoms with Crippen molar-refractivity contribution in [2.24, 2.45) is 5.92 Å². The lowest BCUT2D eigenvalue weighted by Gasteiger charge is -2.17. The molecule has 2 rings (SSSR count). The van der Waals surface area contributed by atoms with Gasteiger partial charge in [0.1, 0.15) is 0 Å². The molecule has 2 aliphatic carbocycles. The highest BCUT2D eigenvalue weighted by Gasteiger charge is 2.36. The van der Waals surface area contributed by atoms with Crippen LogP contribution in [0.5, 0.6) is 0 Å². The quantitative estimate of drug-likeness (QED) is 0.703. The van der Waals surface area contributed by atoms with Gasteiger partial charge in [-0.3, -0.25) is 4.21 Å². The second-order valence-corrected chi connectivity index (χ2v) is 6.37. The number of rotatable bonds is 2. The lowest BCUT2D eigenvalue weighted by molar-refractivity contribution is 0.631. The van der Waals surface area contributed by atoms with Crippen molar-refractivity contribution in [1.82, 2.24) is 0 Å². The smallest absolute Gasteiger partial charge is 0.0668 e. The zero-order valence-corrected chi connectivity index (χ0v) is 9.26. The van der Waals surface area contributed by atoms with Crippen LogP contribution in [0.2, 0.25) is 0 Å². The van der Waals surface area contributed by atoms with Crippen LogP contribution in [0.25, 0.3) is 0 Å². The highest BCUT2D eigenvalue weighted by atomic mass is 32.2. The van der Waals surface area contributed by atoms with Gasteiger partial charge in [-0.25, -0.2) is 0 Å². The normalized spacial score (nSPS) is 35.6. The molecule has 0 aliphatic heterocycles. The Labute approximate surface area is 88.1 Å². The Morgan fingerprint density at radius 2 is 1.79 bits per heavy atom. The lowest BCUT2D eigenvalue weighted by Crippen LogP contribution is -2.26. The molecule has 3 heteroatoms. The van der Waals surface area contributed by atoms with E-state index in [1.54, 1.807) is 0 Å². The van der Waals surface area contributed by atoms with E-state index < -0.39 is 10.8 Å². The molecule has 0 radical (unpaired) electrons. The lowest BCUT2D eigenvalue weighted by atomic mass is 10.1. The molecular weight excluding hydrogens is 194 g/mol. The Hall–Kier alpha value is -0.360. The number of hydrogen-bond donors (Lipinski definition) is 0. The molecule has 2 fully saturated rings. The minimum atomic E-state index is -0.723. The summed E-state index contributed by atoms with van der Waals surface area (Å²) in [4.78, 5) is 0. The van der Waals surface area contributed by atoms with Crippen molar-refractivity contribution in [3.05, 3.63) is 0 Å². The van der Waals surface area contributed by atoms with E-state index in [0.29, 0.717) is 5.25 Å². The van der Waals surface area contributed by atoms with E-state index in [0.717, 1.165) is 32.1 Å². The van der Waals surface area contributed by atoms with Crippen molar-refractivity contribution in [3.63, 3.8) is 0 Å². The zero-order valence-electron chi connectivity index (χ0n) is 8.45. The van der Waals surface area contributed by atoms with Crippen LogP contribution in [0.4, 0.5) is 0 Å². The average molecular weight is 211 g/mol. The van der Waals surface area contributed by atoms with Gasteiger partial charge < -0.3 is 0 Å². The van der Waals surface area contributed by atoms with Gasteiger partial charge in [-0.2, -0.15) is 5.26 Å². The minimum absolute atomic E-state index is 0.0800. The van der Waals surface area contributed by atoms with Crippen molar-refractivity contribution >= 4 is 10.8 Å². The van der Waals surface area contributed by atoms with Crippen LogP contribution in [0, 0.1) is 17.2 Å². The van der Waals surface area contributed by atoms with E-state index in [-0.39, 0.29) is 11.2 Å². The summed E-state index contributed by atoms with van der Waals surface area (Å²) in [7, 11) is -0.723. The summed E-state index contributed by atoms with van der Waals surface area (Å²) in [5, 5.41) is 9.55. The van der Waals surface area contributed by atoms with Gasteiger partial charge in [0, 0.05) is 16.0 Å². The van der Waals surface area contributed by atoms with Gasteiger partial charge in [-0.15, -0.1) is 0 Å². The molecule has 0 aromatic rings. The maximum Gasteiger partial charge on any atom is 0.0668 e. The summed E-state index contributed by atoms with van der Waals surface area (Å²) in [6.07, 6.45) is 7.81. The Bertz CT molecular complexity index is 265. The van der Waals surface area contributed by atoms with Crippen LogP contribution >= 0.6 is 0 Å². The maximum absolute atomic E-state index is 12.2. The standard InChI is InChI=1S/C11H17NOS/c12-8-9-4-3-7-11(9)14(13)10-5-1-2-6-10/h9-11H,1-7H2. The predicted molar refractivity (Wildman–Crippen MR) is 57.1 cm³/mol. The van der Waals surface area contributed by atoms with E-state index in [1.807, 2.05) is 0 Å². The highest BCUT2D eigenvalue weighted by molar-refractivity contribution is 7.86. The summed E-state index contributed by atoms with van der Waals surface area (Å²) in [5.74, 6) is 0.0800. The molecule has 0 N–H and O–H groups in total. The van der Waals surface area contributed by atoms with E-state index in [1.165, 1.54) is 12.8 Å². The topological polar surface area (TPSA) is 40.9 Å². The highest BCUT2D eigenvalue weighted by Crippen LogP contribution is 2.34. The third kappa shape index (κ3) is 1.86. The van der Waals surface area contributed by atoms with Gasteiger partial charge in [-0.05, 0) is 25.7 Å². The summed E-state index contributed by atoms with van der Waals surface area (Å²) >= 11 is 0. The van der Waals surface area contributed by atoms with E-state index in [4.69, 9.17) is 5.26 Å². The first-order chi connectivity index (χ1) is 6.83. The number of nitriles is 1. The van der Waals surface area contributed by atoms with Crippen molar-refractivity contribution in [2.75, 3.05) is 0 Å². The first kappa shape index (κ1) is 10.2. The van der Waals surface area contributed by atoms with Gasteiger partial charge in [0.05, 0.1) is 17.2 Å². The van der Waals surface area contributed by atoms with E-state index in [2.05, 4.69) is 6.07 Å². The molecule has 0 heterocycles. The summed E-state index contributed by atoms with van der Waals surface area (Å²) in [5.41, 5.74) is 0. The van der Waals surface area contributed by atoms with Crippen molar-refractivity contribution < 1.29 is 4.21 Å². The first-order valence-corrected chi connectivity index (χ1v) is 6.89. The molecule has 0 amide bonds. The molecule has 0 saturated heterocycles. The van der Waals surface area contributed by atoms with Crippen molar-refractivity contribution in [2.45, 2.75) is 55.4 Å². The molecule has 2 aliphatic rings. The largest absolute Gasteiger partial charge is 0.259 e. The molecular formula is C11H17NOS. The first-order valence-electron chi connectivity index (χ1n) is 5.62. The van der Waals surface area contributed by atoms with Gasteiger partial charge in [0.2, 0.25) is 0 Å². The van der Waals surface area contributed by atoms with Crippen molar-refractivity contribution in [3.8, 4) is 6.07 Å². The fraction of sp³-hybridized carbons (Fsp3) is 0.909. The average Bonchev–Trinajstić information content (AvgIpc) is 2.87. The molecule has 0 spiro atoms. The van der Waals surface area contributed by atoms with Gasteiger partial charge in [0.25, 0.3) is 0 Å². The van der Waals surface area contributed by atoms with Crippen molar-refractivity contribution in [1.29, 1.82) is 5.26 Å². The number of hydrogen-bond acceptors (Lipinski definition) is 2. The van der Waals surface area contributed by atoms with E-state index in [9.17, 15) is 4.21 Å². The molecule has 78 valence electrons. The zero-order chi connectivity index (χ0) is 9.97. The van der Waals surface area contributed by atoms with Gasteiger partial charge in [-0.1, -0.05) is 19.3 Å². The predicted octanol–water partition coefficient (Wildman–Crippen LogP) is 2.37. The minimum Gasteiger partial charge on any atom is -0.259 e. The summed E-state index contributed by atoms with van der Waals surface area (Å²) < 4.78 is 12.2. The van der Waals surface area contributed by atoms with Crippen LogP contribution in [-0.2, 0) is 10.8 Å².